The molecule has 0 saturated carbocycles. The Morgan fingerprint density at radius 3 is 2.14 bits per heavy atom. The quantitative estimate of drug-likeness (QED) is 0.706. The summed E-state index contributed by atoms with van der Waals surface area (Å²) in [5.41, 5.74) is 0. The smallest absolute Gasteiger partial charge is 0.00841 e. The molecule has 0 heterocycles. The van der Waals surface area contributed by atoms with Gasteiger partial charge in [0.2, 0.25) is 0 Å². The van der Waals surface area contributed by atoms with Gasteiger partial charge in [0.25, 0.3) is 0 Å². The van der Waals surface area contributed by atoms with E-state index in [9.17, 15) is 4.79 Å². The minimum atomic E-state index is 0. The average Bonchev–Trinajstić information content (AvgIpc) is 1.35. The van der Waals surface area contributed by atoms with Crippen molar-refractivity contribution in [2.75, 3.05) is 7.05 Å². The van der Waals surface area contributed by atoms with Crippen LogP contribution < -0.4 is 5.32 Å². The molecule has 0 saturated heterocycles. The number of Topliss-reactive ketones (excluding diaryl/α,β-unsaturated/α-hetero) is 1. The van der Waals surface area contributed by atoms with E-state index >= 15 is 0 Å². The molecule has 0 fully saturated rings. The summed E-state index contributed by atoms with van der Waals surface area (Å²) in [6.07, 6.45) is 0. The van der Waals surface area contributed by atoms with Crippen LogP contribution in [0, 0.1) is 6.54 Å². The SMILES string of the molecule is CN[CH-]C(C)=O.[Rf]. The number of nitrogens with one attached hydrogen (secondary N) is 1. The van der Waals surface area contributed by atoms with E-state index in [1.165, 1.54) is 13.5 Å². The first-order valence-corrected chi connectivity index (χ1v) is 1.78. The third-order valence-electron chi connectivity index (χ3n) is 0.348. The molecule has 0 unspecified atom stereocenters. The molecule has 38 valence electrons. The fourth-order valence-corrected chi connectivity index (χ4v) is 0.203. The number of rotatable bonds is 2. The second-order valence-electron chi connectivity index (χ2n) is 1.04. The van der Waals surface area contributed by atoms with Gasteiger partial charge in [-0.2, -0.15) is 0 Å². The van der Waals surface area contributed by atoms with Crippen LogP contribution in [0.4, 0.5) is 0 Å². The third kappa shape index (κ3) is 12.5. The van der Waals surface area contributed by atoms with Gasteiger partial charge in [-0.05, 0) is 14.0 Å². The van der Waals surface area contributed by atoms with E-state index in [0.29, 0.717) is 0 Å². The van der Waals surface area contributed by atoms with Crippen LogP contribution in [0.5, 0.6) is 0 Å². The molecule has 2 nitrogen and oxygen atoms in total. The van der Waals surface area contributed by atoms with E-state index in [1.54, 1.807) is 7.05 Å². The summed E-state index contributed by atoms with van der Waals surface area (Å²) in [7, 11) is 1.70. The normalized spacial score (nSPS) is 6.57. The summed E-state index contributed by atoms with van der Waals surface area (Å²) in [6, 6.07) is 0. The fourth-order valence-electron chi connectivity index (χ4n) is 0.203. The molecular formula is C4H8NORf-. The van der Waals surface area contributed by atoms with Crippen molar-refractivity contribution >= 4 is 5.78 Å². The van der Waals surface area contributed by atoms with E-state index in [0.717, 1.165) is 0 Å². The number of ketones is 1. The largest absolute Gasteiger partial charge is 0.450 e. The maximum atomic E-state index is 9.93. The average molecular weight is 353 g/mol. The molecule has 3 heteroatoms. The molecule has 0 atom stereocenters. The predicted molar refractivity (Wildman–Crippen MR) is 24.0 cm³/mol. The van der Waals surface area contributed by atoms with Crippen LogP contribution in [-0.4, -0.2) is 12.8 Å². The van der Waals surface area contributed by atoms with Crippen molar-refractivity contribution in [3.05, 3.63) is 6.54 Å². The molecule has 0 radical (unpaired) electrons. The monoisotopic (exact) mass is 353 g/mol. The molecule has 7 heavy (non-hydrogen) atoms. The maximum Gasteiger partial charge on any atom is 0.00841 e. The first-order valence-electron chi connectivity index (χ1n) is 1.78. The number of hydrogen-bond donors (Lipinski definition) is 1. The van der Waals surface area contributed by atoms with Gasteiger partial charge >= 0.3 is 0 Å². The van der Waals surface area contributed by atoms with Gasteiger partial charge in [0, 0.05) is 5.78 Å². The summed E-state index contributed by atoms with van der Waals surface area (Å²) in [5.74, 6) is 0.0532. The van der Waals surface area contributed by atoms with Gasteiger partial charge in [0.15, 0.2) is 0 Å². The molecule has 0 aliphatic heterocycles. The summed E-state index contributed by atoms with van der Waals surface area (Å²) in [4.78, 5) is 9.93. The summed E-state index contributed by atoms with van der Waals surface area (Å²) in [5, 5.41) is 2.59. The van der Waals surface area contributed by atoms with Crippen LogP contribution in [0.15, 0.2) is 0 Å². The van der Waals surface area contributed by atoms with Crippen LogP contribution in [0.25, 0.3) is 0 Å². The minimum absolute atomic E-state index is 0. The Morgan fingerprint density at radius 1 is 1.71 bits per heavy atom. The van der Waals surface area contributed by atoms with Crippen LogP contribution in [-0.2, 0) is 4.79 Å². The Morgan fingerprint density at radius 2 is 2.14 bits per heavy atom. The predicted octanol–water partition coefficient (Wildman–Crippen LogP) is -0.0434. The zero-order valence-corrected chi connectivity index (χ0v) is 11.1. The van der Waals surface area contributed by atoms with Gasteiger partial charge in [-0.25, -0.2) is 0 Å². The van der Waals surface area contributed by atoms with Crippen LogP contribution >= 0.6 is 0 Å². The second-order valence-corrected chi connectivity index (χ2v) is 1.04. The first kappa shape index (κ1) is 9.09. The molecule has 1 N–H and O–H groups in total. The molecule has 0 aromatic rings. The van der Waals surface area contributed by atoms with Crippen molar-refractivity contribution in [2.45, 2.75) is 6.92 Å². The molecule has 0 aliphatic rings. The molecule has 0 aromatic heterocycles. The van der Waals surface area contributed by atoms with E-state index in [1.807, 2.05) is 0 Å². The number of carbonyl (C=O) groups excluding carboxylic acids is 1. The van der Waals surface area contributed by atoms with Gasteiger partial charge in [0.1, 0.15) is 0 Å². The Hall–Kier alpha value is -1.50. The summed E-state index contributed by atoms with van der Waals surface area (Å²) in [6.45, 7) is 2.90. The van der Waals surface area contributed by atoms with Gasteiger partial charge in [-0.15, -0.1) is 0 Å². The zero-order chi connectivity index (χ0) is 4.99. The van der Waals surface area contributed by atoms with E-state index in [-0.39, 0.29) is 5.78 Å². The molecule has 0 aromatic carbocycles. The molecule has 0 spiro atoms. The van der Waals surface area contributed by atoms with Crippen molar-refractivity contribution in [2.24, 2.45) is 0 Å². The Labute approximate surface area is 37.5 Å². The summed E-state index contributed by atoms with van der Waals surface area (Å²) >= 11 is 0. The second kappa shape index (κ2) is 4.50. The molecular weight excluding hydrogens is 345 g/mol. The minimum Gasteiger partial charge on any atom is -0.450 e. The van der Waals surface area contributed by atoms with E-state index in [2.05, 4.69) is 5.32 Å². The van der Waals surface area contributed by atoms with Gasteiger partial charge < -0.3 is 10.1 Å². The first-order chi connectivity index (χ1) is 2.77. The zero-order valence-electron chi connectivity index (χ0n) is 4.69. The van der Waals surface area contributed by atoms with Crippen molar-refractivity contribution in [3.8, 4) is 0 Å². The van der Waals surface area contributed by atoms with Gasteiger partial charge in [-0.3, -0.25) is 6.54 Å². The van der Waals surface area contributed by atoms with Crippen molar-refractivity contribution < 1.29 is 4.79 Å². The molecule has 0 rings (SSSR count). The third-order valence-corrected chi connectivity index (χ3v) is 0.348. The van der Waals surface area contributed by atoms with Gasteiger partial charge in [0.05, 0.1) is 0 Å². The van der Waals surface area contributed by atoms with Crippen molar-refractivity contribution in [3.63, 3.8) is 0 Å². The number of carbonyl (C=O) groups is 1. The molecule has 0 amide bonds. The van der Waals surface area contributed by atoms with Crippen molar-refractivity contribution in [1.82, 2.24) is 5.32 Å². The van der Waals surface area contributed by atoms with E-state index in [4.69, 9.17) is 0 Å². The Kier molecular flexibility index (Phi) is 5.84. The molecule has 0 bridgehead atoms. The standard InChI is InChI=1S/C4H8NO.Rf/c1-4(6)3-5-2;/h3,5H,1-2H3;/q-1;. The van der Waals surface area contributed by atoms with E-state index < -0.39 is 0 Å². The fraction of sp³-hybridized carbons (Fsp3) is 0.500. The summed E-state index contributed by atoms with van der Waals surface area (Å²) < 4.78 is 0. The Bertz CT molecular complexity index is 55.7. The van der Waals surface area contributed by atoms with Crippen LogP contribution in [0.2, 0.25) is 0 Å². The molecule has 0 aliphatic carbocycles. The van der Waals surface area contributed by atoms with Crippen LogP contribution in [0.1, 0.15) is 6.92 Å². The Balaban J connectivity index is 0. The maximum absolute atomic E-state index is 9.93. The van der Waals surface area contributed by atoms with Crippen LogP contribution in [0.3, 0.4) is 0 Å². The number of hydrogen-bond acceptors (Lipinski definition) is 2. The topological polar surface area (TPSA) is 29.1 Å². The number of likely N-dealkylation sites (N-methyl/N-ethyl adjacent to an activating group) is 1. The van der Waals surface area contributed by atoms with Gasteiger partial charge in [-0.1, -0.05) is 0 Å². The van der Waals surface area contributed by atoms with Crippen molar-refractivity contribution in [1.29, 1.82) is 0 Å².